The first-order valence-electron chi connectivity index (χ1n) is 7.34. The van der Waals surface area contributed by atoms with Crippen LogP contribution in [0.25, 0.3) is 0 Å². The summed E-state index contributed by atoms with van der Waals surface area (Å²) in [6, 6.07) is 0. The molecule has 0 aromatic rings. The Kier molecular flexibility index (Phi) is 6.19. The molecule has 0 aliphatic carbocycles. The lowest BCUT2D eigenvalue weighted by molar-refractivity contribution is -0.139. The van der Waals surface area contributed by atoms with Crippen molar-refractivity contribution in [2.75, 3.05) is 6.54 Å². The van der Waals surface area contributed by atoms with E-state index in [1.165, 1.54) is 4.90 Å². The molecule has 1 heterocycles. The van der Waals surface area contributed by atoms with Crippen LogP contribution in [0.2, 0.25) is 0 Å². The molecule has 1 saturated heterocycles. The molecule has 4 nitrogen and oxygen atoms in total. The molecule has 0 aromatic heterocycles. The van der Waals surface area contributed by atoms with Crippen LogP contribution < -0.4 is 0 Å². The molecule has 0 radical (unpaired) electrons. The van der Waals surface area contributed by atoms with Crippen LogP contribution in [0.5, 0.6) is 0 Å². The lowest BCUT2D eigenvalue weighted by Gasteiger charge is -2.14. The van der Waals surface area contributed by atoms with E-state index in [1.807, 2.05) is 20.8 Å². The Morgan fingerprint density at radius 2 is 1.95 bits per heavy atom. The third-order valence-electron chi connectivity index (χ3n) is 3.78. The van der Waals surface area contributed by atoms with E-state index >= 15 is 0 Å². The SMILES string of the molecule is CCC1CC(=O)N(CCCCCC(=O)C(C)C)C1=O. The summed E-state index contributed by atoms with van der Waals surface area (Å²) in [5, 5.41) is 0. The van der Waals surface area contributed by atoms with Gasteiger partial charge in [0, 0.05) is 31.2 Å². The Balaban J connectivity index is 2.21. The summed E-state index contributed by atoms with van der Waals surface area (Å²) in [5.74, 6) is 0.252. The highest BCUT2D eigenvalue weighted by atomic mass is 16.2. The molecule has 0 bridgehead atoms. The van der Waals surface area contributed by atoms with Crippen molar-refractivity contribution in [3.8, 4) is 0 Å². The number of amides is 2. The summed E-state index contributed by atoms with van der Waals surface area (Å²) in [4.78, 5) is 36.4. The van der Waals surface area contributed by atoms with Crippen LogP contribution in [-0.4, -0.2) is 29.0 Å². The molecule has 19 heavy (non-hydrogen) atoms. The number of imide groups is 1. The molecular formula is C15H25NO3. The highest BCUT2D eigenvalue weighted by Gasteiger charge is 2.36. The summed E-state index contributed by atoms with van der Waals surface area (Å²) >= 11 is 0. The number of rotatable bonds is 8. The normalized spacial score (nSPS) is 19.6. The van der Waals surface area contributed by atoms with Gasteiger partial charge in [0.25, 0.3) is 0 Å². The van der Waals surface area contributed by atoms with Gasteiger partial charge in [0.1, 0.15) is 5.78 Å². The molecule has 1 rings (SSSR count). The lowest BCUT2D eigenvalue weighted by Crippen LogP contribution is -2.31. The zero-order chi connectivity index (χ0) is 14.4. The topological polar surface area (TPSA) is 54.5 Å². The van der Waals surface area contributed by atoms with E-state index < -0.39 is 0 Å². The quantitative estimate of drug-likeness (QED) is 0.501. The van der Waals surface area contributed by atoms with Crippen molar-refractivity contribution in [3.63, 3.8) is 0 Å². The second-order valence-corrected chi connectivity index (χ2v) is 5.62. The van der Waals surface area contributed by atoms with Gasteiger partial charge in [-0.05, 0) is 19.3 Å². The summed E-state index contributed by atoms with van der Waals surface area (Å²) in [5.41, 5.74) is 0. The van der Waals surface area contributed by atoms with Gasteiger partial charge in [0.15, 0.2) is 0 Å². The zero-order valence-corrected chi connectivity index (χ0v) is 12.3. The van der Waals surface area contributed by atoms with E-state index in [0.717, 1.165) is 25.7 Å². The molecule has 1 unspecified atom stereocenters. The molecule has 0 saturated carbocycles. The molecule has 1 fully saturated rings. The average molecular weight is 267 g/mol. The van der Waals surface area contributed by atoms with Crippen molar-refractivity contribution < 1.29 is 14.4 Å². The Morgan fingerprint density at radius 3 is 2.47 bits per heavy atom. The second kappa shape index (κ2) is 7.41. The minimum atomic E-state index is -0.102. The van der Waals surface area contributed by atoms with E-state index in [9.17, 15) is 14.4 Å². The van der Waals surface area contributed by atoms with Crippen LogP contribution in [0.3, 0.4) is 0 Å². The van der Waals surface area contributed by atoms with Gasteiger partial charge in [0.2, 0.25) is 11.8 Å². The average Bonchev–Trinajstić information content (AvgIpc) is 2.64. The van der Waals surface area contributed by atoms with E-state index in [2.05, 4.69) is 0 Å². The number of unbranched alkanes of at least 4 members (excludes halogenated alkanes) is 2. The standard InChI is InChI=1S/C15H25NO3/c1-4-12-10-14(18)16(15(12)19)9-7-5-6-8-13(17)11(2)3/h11-12H,4-10H2,1-3H3. The molecule has 0 spiro atoms. The molecule has 108 valence electrons. The monoisotopic (exact) mass is 267 g/mol. The molecule has 0 aromatic carbocycles. The predicted molar refractivity (Wildman–Crippen MR) is 73.4 cm³/mol. The van der Waals surface area contributed by atoms with Gasteiger partial charge in [-0.25, -0.2) is 0 Å². The van der Waals surface area contributed by atoms with Gasteiger partial charge in [-0.3, -0.25) is 19.3 Å². The van der Waals surface area contributed by atoms with E-state index in [0.29, 0.717) is 25.2 Å². The van der Waals surface area contributed by atoms with Crippen molar-refractivity contribution in [2.45, 2.75) is 59.3 Å². The first-order chi connectivity index (χ1) is 8.97. The van der Waals surface area contributed by atoms with Crippen molar-refractivity contribution in [1.29, 1.82) is 0 Å². The smallest absolute Gasteiger partial charge is 0.232 e. The largest absolute Gasteiger partial charge is 0.299 e. The zero-order valence-electron chi connectivity index (χ0n) is 12.3. The number of Topliss-reactive ketones (excluding diaryl/α,β-unsaturated/α-hetero) is 1. The third kappa shape index (κ3) is 4.44. The van der Waals surface area contributed by atoms with E-state index in [4.69, 9.17) is 0 Å². The van der Waals surface area contributed by atoms with Crippen LogP contribution >= 0.6 is 0 Å². The lowest BCUT2D eigenvalue weighted by atomic mass is 10.0. The van der Waals surface area contributed by atoms with Crippen molar-refractivity contribution in [2.24, 2.45) is 11.8 Å². The Bertz CT molecular complexity index is 349. The highest BCUT2D eigenvalue weighted by Crippen LogP contribution is 2.22. The molecule has 2 amide bonds. The van der Waals surface area contributed by atoms with Crippen LogP contribution in [0.15, 0.2) is 0 Å². The van der Waals surface area contributed by atoms with E-state index in [-0.39, 0.29) is 23.7 Å². The summed E-state index contributed by atoms with van der Waals surface area (Å²) in [6.45, 7) is 6.28. The fraction of sp³-hybridized carbons (Fsp3) is 0.800. The van der Waals surface area contributed by atoms with Gasteiger partial charge in [-0.15, -0.1) is 0 Å². The Labute approximate surface area is 115 Å². The fourth-order valence-electron chi connectivity index (χ4n) is 2.34. The first kappa shape index (κ1) is 15.9. The van der Waals surface area contributed by atoms with Gasteiger partial charge >= 0.3 is 0 Å². The minimum Gasteiger partial charge on any atom is -0.299 e. The fourth-order valence-corrected chi connectivity index (χ4v) is 2.34. The maximum absolute atomic E-state index is 11.9. The number of hydrogen-bond acceptors (Lipinski definition) is 3. The molecule has 1 atom stereocenters. The predicted octanol–water partition coefficient (Wildman–Crippen LogP) is 2.56. The highest BCUT2D eigenvalue weighted by molar-refractivity contribution is 6.03. The molecule has 1 aliphatic heterocycles. The van der Waals surface area contributed by atoms with Crippen molar-refractivity contribution in [1.82, 2.24) is 4.90 Å². The maximum atomic E-state index is 11.9. The van der Waals surface area contributed by atoms with Gasteiger partial charge in [-0.1, -0.05) is 27.2 Å². The number of hydrogen-bond donors (Lipinski definition) is 0. The van der Waals surface area contributed by atoms with Crippen LogP contribution in [0.1, 0.15) is 59.3 Å². The van der Waals surface area contributed by atoms with Gasteiger partial charge in [-0.2, -0.15) is 0 Å². The molecule has 4 heteroatoms. The minimum absolute atomic E-state index is 0.00856. The Hall–Kier alpha value is -1.19. The Morgan fingerprint density at radius 1 is 1.26 bits per heavy atom. The maximum Gasteiger partial charge on any atom is 0.232 e. The summed E-state index contributed by atoms with van der Waals surface area (Å²) < 4.78 is 0. The third-order valence-corrected chi connectivity index (χ3v) is 3.78. The molecule has 0 N–H and O–H groups in total. The second-order valence-electron chi connectivity index (χ2n) is 5.62. The number of carbonyl (C=O) groups excluding carboxylic acids is 3. The summed E-state index contributed by atoms with van der Waals surface area (Å²) in [7, 11) is 0. The van der Waals surface area contributed by atoms with Crippen LogP contribution in [-0.2, 0) is 14.4 Å². The first-order valence-corrected chi connectivity index (χ1v) is 7.34. The van der Waals surface area contributed by atoms with Crippen molar-refractivity contribution in [3.05, 3.63) is 0 Å². The van der Waals surface area contributed by atoms with E-state index in [1.54, 1.807) is 0 Å². The summed E-state index contributed by atoms with van der Waals surface area (Å²) in [6.07, 6.45) is 4.28. The van der Waals surface area contributed by atoms with Crippen molar-refractivity contribution >= 4 is 17.6 Å². The van der Waals surface area contributed by atoms with Gasteiger partial charge < -0.3 is 0 Å². The van der Waals surface area contributed by atoms with Crippen LogP contribution in [0.4, 0.5) is 0 Å². The number of ketones is 1. The number of carbonyl (C=O) groups is 3. The molecule has 1 aliphatic rings. The number of nitrogens with zero attached hydrogens (tertiary/aromatic N) is 1. The molecular weight excluding hydrogens is 242 g/mol. The van der Waals surface area contributed by atoms with Crippen LogP contribution in [0, 0.1) is 11.8 Å². The van der Waals surface area contributed by atoms with Gasteiger partial charge in [0.05, 0.1) is 0 Å². The number of likely N-dealkylation sites (tertiary alicyclic amines) is 1.